The van der Waals surface area contributed by atoms with Gasteiger partial charge in [-0.25, -0.2) is 14.4 Å². The van der Waals surface area contributed by atoms with Crippen LogP contribution in [0.5, 0.6) is 0 Å². The largest absolute Gasteiger partial charge is 0.451 e. The molecule has 0 fully saturated rings. The van der Waals surface area contributed by atoms with Crippen LogP contribution in [0, 0.1) is 5.82 Å². The molecule has 4 rings (SSSR count). The van der Waals surface area contributed by atoms with E-state index >= 15 is 0 Å². The zero-order chi connectivity index (χ0) is 21.7. The SMILES string of the molecule is CN1C(=O)C(c2ccnc(C(F)(F)F)c2)(c2cc(-c3cocn3)ccc2F)N=C1N. The molecule has 1 unspecified atom stereocenters. The molecule has 1 aliphatic heterocycles. The predicted molar refractivity (Wildman–Crippen MR) is 96.3 cm³/mol. The molecule has 0 bridgehead atoms. The van der Waals surface area contributed by atoms with Gasteiger partial charge in [0.1, 0.15) is 23.5 Å². The topological polar surface area (TPSA) is 97.6 Å². The van der Waals surface area contributed by atoms with Gasteiger partial charge in [-0.3, -0.25) is 14.7 Å². The summed E-state index contributed by atoms with van der Waals surface area (Å²) < 4.78 is 59.7. The number of amides is 1. The molecule has 0 aliphatic carbocycles. The number of rotatable bonds is 3. The number of alkyl halides is 3. The molecule has 2 N–H and O–H groups in total. The van der Waals surface area contributed by atoms with Gasteiger partial charge in [0.15, 0.2) is 17.9 Å². The Morgan fingerprint density at radius 2 is 1.93 bits per heavy atom. The van der Waals surface area contributed by atoms with E-state index in [2.05, 4.69) is 15.0 Å². The lowest BCUT2D eigenvalue weighted by Crippen LogP contribution is -2.41. The first kappa shape index (κ1) is 19.6. The summed E-state index contributed by atoms with van der Waals surface area (Å²) >= 11 is 0. The molecule has 0 saturated heterocycles. The molecule has 1 aliphatic rings. The Morgan fingerprint density at radius 1 is 1.17 bits per heavy atom. The number of halogens is 4. The van der Waals surface area contributed by atoms with E-state index < -0.39 is 29.1 Å². The lowest BCUT2D eigenvalue weighted by atomic mass is 9.81. The number of carbonyl (C=O) groups excluding carboxylic acids is 1. The molecule has 1 amide bonds. The van der Waals surface area contributed by atoms with E-state index in [1.807, 2.05) is 0 Å². The molecule has 3 heterocycles. The first-order chi connectivity index (χ1) is 14.1. The van der Waals surface area contributed by atoms with E-state index in [-0.39, 0.29) is 17.1 Å². The summed E-state index contributed by atoms with van der Waals surface area (Å²) in [5.74, 6) is -1.93. The van der Waals surface area contributed by atoms with Crippen molar-refractivity contribution < 1.29 is 26.8 Å². The van der Waals surface area contributed by atoms with Crippen molar-refractivity contribution >= 4 is 11.9 Å². The number of guanidine groups is 1. The van der Waals surface area contributed by atoms with E-state index in [1.165, 1.54) is 31.5 Å². The highest BCUT2D eigenvalue weighted by atomic mass is 19.4. The molecule has 1 atom stereocenters. The summed E-state index contributed by atoms with van der Waals surface area (Å²) in [5, 5.41) is 0. The summed E-state index contributed by atoms with van der Waals surface area (Å²) in [7, 11) is 1.30. The number of benzene rings is 1. The Hall–Kier alpha value is -3.76. The lowest BCUT2D eigenvalue weighted by Gasteiger charge is -2.27. The van der Waals surface area contributed by atoms with Gasteiger partial charge < -0.3 is 10.2 Å². The molecule has 3 aromatic rings. The molecular weight excluding hydrogens is 406 g/mol. The molecule has 30 heavy (non-hydrogen) atoms. The molecule has 0 radical (unpaired) electrons. The average molecular weight is 419 g/mol. The maximum Gasteiger partial charge on any atom is 0.433 e. The number of hydrogen-bond acceptors (Lipinski definition) is 6. The van der Waals surface area contributed by atoms with Crippen LogP contribution in [-0.4, -0.2) is 33.8 Å². The van der Waals surface area contributed by atoms with Crippen molar-refractivity contribution in [2.24, 2.45) is 10.7 Å². The molecule has 0 spiro atoms. The molecule has 154 valence electrons. The second kappa shape index (κ2) is 6.65. The number of aromatic nitrogens is 2. The zero-order valence-corrected chi connectivity index (χ0v) is 15.3. The molecule has 1 aromatic carbocycles. The lowest BCUT2D eigenvalue weighted by molar-refractivity contribution is -0.141. The predicted octanol–water partition coefficient (Wildman–Crippen LogP) is 2.92. The van der Waals surface area contributed by atoms with Gasteiger partial charge in [0.2, 0.25) is 0 Å². The number of pyridine rings is 1. The average Bonchev–Trinajstić information content (AvgIpc) is 3.32. The van der Waals surface area contributed by atoms with Crippen molar-refractivity contribution in [2.75, 3.05) is 7.05 Å². The van der Waals surface area contributed by atoms with E-state index in [4.69, 9.17) is 10.2 Å². The third-order valence-corrected chi connectivity index (χ3v) is 4.79. The summed E-state index contributed by atoms with van der Waals surface area (Å²) in [6.07, 6.45) is -1.42. The van der Waals surface area contributed by atoms with Crippen LogP contribution in [0.25, 0.3) is 11.3 Å². The van der Waals surface area contributed by atoms with Crippen molar-refractivity contribution in [3.05, 3.63) is 71.8 Å². The summed E-state index contributed by atoms with van der Waals surface area (Å²) in [5.41, 5.74) is 2.60. The van der Waals surface area contributed by atoms with Crippen LogP contribution < -0.4 is 5.73 Å². The quantitative estimate of drug-likeness (QED) is 0.659. The fourth-order valence-corrected chi connectivity index (χ4v) is 3.29. The summed E-state index contributed by atoms with van der Waals surface area (Å²) in [6.45, 7) is 0. The molecule has 0 saturated carbocycles. The van der Waals surface area contributed by atoms with Gasteiger partial charge >= 0.3 is 6.18 Å². The fraction of sp³-hybridized carbons (Fsp3) is 0.158. The first-order valence-corrected chi connectivity index (χ1v) is 8.50. The van der Waals surface area contributed by atoms with E-state index in [0.29, 0.717) is 17.3 Å². The summed E-state index contributed by atoms with van der Waals surface area (Å²) in [4.78, 5) is 25.5. The number of hydrogen-bond donors (Lipinski definition) is 1. The van der Waals surface area contributed by atoms with Gasteiger partial charge in [0.25, 0.3) is 5.91 Å². The van der Waals surface area contributed by atoms with Gasteiger partial charge in [-0.1, -0.05) is 0 Å². The Kier molecular flexibility index (Phi) is 4.33. The zero-order valence-electron chi connectivity index (χ0n) is 15.3. The highest BCUT2D eigenvalue weighted by Crippen LogP contribution is 2.42. The Labute approximate surface area is 166 Å². The third kappa shape index (κ3) is 2.90. The van der Waals surface area contributed by atoms with E-state index in [0.717, 1.165) is 23.6 Å². The smallest absolute Gasteiger partial charge is 0.433 e. The van der Waals surface area contributed by atoms with Crippen molar-refractivity contribution in [3.63, 3.8) is 0 Å². The van der Waals surface area contributed by atoms with Crippen LogP contribution in [0.3, 0.4) is 0 Å². The minimum Gasteiger partial charge on any atom is -0.451 e. The van der Waals surface area contributed by atoms with Gasteiger partial charge in [-0.2, -0.15) is 13.2 Å². The number of likely N-dealkylation sites (N-methyl/N-ethyl adjacent to an activating group) is 1. The van der Waals surface area contributed by atoms with Crippen LogP contribution in [0.15, 0.2) is 58.6 Å². The Bertz CT molecular complexity index is 1160. The number of nitrogens with zero attached hydrogens (tertiary/aromatic N) is 4. The van der Waals surface area contributed by atoms with E-state index in [1.54, 1.807) is 0 Å². The monoisotopic (exact) mass is 419 g/mol. The molecular formula is C19H13F4N5O2. The maximum absolute atomic E-state index is 15.0. The fourth-order valence-electron chi connectivity index (χ4n) is 3.29. The van der Waals surface area contributed by atoms with Crippen molar-refractivity contribution in [3.8, 4) is 11.3 Å². The normalized spacial score (nSPS) is 19.3. The van der Waals surface area contributed by atoms with Gasteiger partial charge in [-0.15, -0.1) is 0 Å². The molecule has 2 aromatic heterocycles. The van der Waals surface area contributed by atoms with Crippen LogP contribution in [0.4, 0.5) is 17.6 Å². The van der Waals surface area contributed by atoms with Gasteiger partial charge in [0.05, 0.1) is 0 Å². The number of carbonyl (C=O) groups is 1. The van der Waals surface area contributed by atoms with Crippen molar-refractivity contribution in [1.82, 2.24) is 14.9 Å². The highest BCUT2D eigenvalue weighted by molar-refractivity contribution is 6.09. The van der Waals surface area contributed by atoms with E-state index in [9.17, 15) is 22.4 Å². The third-order valence-electron chi connectivity index (χ3n) is 4.79. The molecule has 7 nitrogen and oxygen atoms in total. The second-order valence-corrected chi connectivity index (χ2v) is 6.54. The minimum atomic E-state index is -4.78. The Balaban J connectivity index is 2.01. The highest BCUT2D eigenvalue weighted by Gasteiger charge is 2.52. The number of aliphatic imine (C=N–C) groups is 1. The maximum atomic E-state index is 15.0. The Morgan fingerprint density at radius 3 is 2.53 bits per heavy atom. The number of nitrogens with two attached hydrogens (primary N) is 1. The number of oxazole rings is 1. The van der Waals surface area contributed by atoms with Crippen LogP contribution in [0.2, 0.25) is 0 Å². The van der Waals surface area contributed by atoms with Crippen LogP contribution >= 0.6 is 0 Å². The second-order valence-electron chi connectivity index (χ2n) is 6.54. The van der Waals surface area contributed by atoms with Crippen LogP contribution in [-0.2, 0) is 16.5 Å². The van der Waals surface area contributed by atoms with Gasteiger partial charge in [0, 0.05) is 24.4 Å². The standard InChI is InChI=1S/C19H13F4N5O2/c1-28-16(29)18(27-17(28)24,11-4-5-25-15(7-11)19(21,22)23)12-6-10(2-3-13(12)20)14-8-30-9-26-14/h2-9H,1H3,(H2,24,27). The first-order valence-electron chi connectivity index (χ1n) is 8.50. The van der Waals surface area contributed by atoms with Crippen molar-refractivity contribution in [2.45, 2.75) is 11.7 Å². The van der Waals surface area contributed by atoms with Crippen LogP contribution in [0.1, 0.15) is 16.8 Å². The van der Waals surface area contributed by atoms with Crippen molar-refractivity contribution in [1.29, 1.82) is 0 Å². The summed E-state index contributed by atoms with van der Waals surface area (Å²) in [6, 6.07) is 5.59. The van der Waals surface area contributed by atoms with Gasteiger partial charge in [-0.05, 0) is 35.9 Å². The minimum absolute atomic E-state index is 0.224. The molecule has 11 heteroatoms.